The number of nitrogens with one attached hydrogen (secondary N) is 2. The summed E-state index contributed by atoms with van der Waals surface area (Å²) in [5.41, 5.74) is 1.95. The Morgan fingerprint density at radius 2 is 2.11 bits per heavy atom. The molecule has 2 aromatic heterocycles. The highest BCUT2D eigenvalue weighted by Crippen LogP contribution is 2.21. The fourth-order valence-corrected chi connectivity index (χ4v) is 2.01. The molecule has 3 aromatic rings. The van der Waals surface area contributed by atoms with Crippen molar-refractivity contribution in [3.8, 4) is 0 Å². The van der Waals surface area contributed by atoms with Crippen LogP contribution in [-0.2, 0) is 0 Å². The first kappa shape index (κ1) is 11.9. The Morgan fingerprint density at radius 1 is 1.21 bits per heavy atom. The van der Waals surface area contributed by atoms with Crippen LogP contribution in [0.25, 0.3) is 10.9 Å². The highest BCUT2D eigenvalue weighted by molar-refractivity contribution is 9.10. The van der Waals surface area contributed by atoms with E-state index in [1.807, 2.05) is 18.2 Å². The van der Waals surface area contributed by atoms with Crippen molar-refractivity contribution in [3.05, 3.63) is 52.9 Å². The van der Waals surface area contributed by atoms with Gasteiger partial charge in [-0.05, 0) is 40.2 Å². The molecule has 2 N–H and O–H groups in total. The van der Waals surface area contributed by atoms with Crippen molar-refractivity contribution < 1.29 is 4.79 Å². The molecule has 1 aromatic carbocycles. The molecule has 0 aliphatic carbocycles. The molecule has 0 spiro atoms. The minimum atomic E-state index is -0.249. The van der Waals surface area contributed by atoms with Gasteiger partial charge in [0.25, 0.3) is 5.91 Å². The average molecular weight is 317 g/mol. The molecule has 6 heteroatoms. The highest BCUT2D eigenvalue weighted by Gasteiger charge is 2.10. The molecule has 0 radical (unpaired) electrons. The Bertz CT molecular complexity index is 736. The van der Waals surface area contributed by atoms with Crippen molar-refractivity contribution in [1.29, 1.82) is 0 Å². The van der Waals surface area contributed by atoms with Crippen LogP contribution in [-0.4, -0.2) is 21.1 Å². The van der Waals surface area contributed by atoms with Crippen LogP contribution in [0.5, 0.6) is 0 Å². The quantitative estimate of drug-likeness (QED) is 0.763. The van der Waals surface area contributed by atoms with E-state index in [1.54, 1.807) is 24.5 Å². The molecule has 0 aliphatic rings. The number of hydrogen-bond acceptors (Lipinski definition) is 3. The molecule has 0 saturated heterocycles. The van der Waals surface area contributed by atoms with Gasteiger partial charge in [0.1, 0.15) is 5.69 Å². The molecular formula is C13H9BrN4O. The Labute approximate surface area is 117 Å². The fraction of sp³-hybridized carbons (Fsp3) is 0. The molecule has 19 heavy (non-hydrogen) atoms. The van der Waals surface area contributed by atoms with E-state index in [1.165, 1.54) is 0 Å². The van der Waals surface area contributed by atoms with E-state index < -0.39 is 0 Å². The summed E-state index contributed by atoms with van der Waals surface area (Å²) in [5, 5.41) is 10.5. The summed E-state index contributed by atoms with van der Waals surface area (Å²) in [6.07, 6.45) is 3.27. The Kier molecular flexibility index (Phi) is 3.00. The van der Waals surface area contributed by atoms with Crippen LogP contribution in [0.3, 0.4) is 0 Å². The number of H-pyrrole nitrogens is 1. The molecule has 0 fully saturated rings. The van der Waals surface area contributed by atoms with Crippen LogP contribution in [0.15, 0.2) is 47.2 Å². The zero-order valence-electron chi connectivity index (χ0n) is 9.72. The third kappa shape index (κ3) is 2.34. The number of amides is 1. The van der Waals surface area contributed by atoms with E-state index in [0.29, 0.717) is 11.4 Å². The summed E-state index contributed by atoms with van der Waals surface area (Å²) in [7, 11) is 0. The summed E-state index contributed by atoms with van der Waals surface area (Å²) in [6, 6.07) is 9.02. The third-order valence-corrected chi connectivity index (χ3v) is 3.16. The van der Waals surface area contributed by atoms with Crippen molar-refractivity contribution >= 4 is 38.4 Å². The lowest BCUT2D eigenvalue weighted by Crippen LogP contribution is -2.13. The lowest BCUT2D eigenvalue weighted by atomic mass is 10.2. The smallest absolute Gasteiger partial charge is 0.274 e. The number of nitrogens with zero attached hydrogens (tertiary/aromatic N) is 2. The number of carbonyl (C=O) groups is 1. The number of hydrogen-bond donors (Lipinski definition) is 2. The van der Waals surface area contributed by atoms with Gasteiger partial charge in [-0.2, -0.15) is 5.10 Å². The predicted molar refractivity (Wildman–Crippen MR) is 76.0 cm³/mol. The van der Waals surface area contributed by atoms with Gasteiger partial charge < -0.3 is 5.32 Å². The first-order valence-electron chi connectivity index (χ1n) is 5.59. The molecule has 3 rings (SSSR count). The second-order valence-corrected chi connectivity index (χ2v) is 4.87. The summed E-state index contributed by atoms with van der Waals surface area (Å²) in [4.78, 5) is 16.1. The van der Waals surface area contributed by atoms with Crippen LogP contribution in [0.2, 0.25) is 0 Å². The maximum Gasteiger partial charge on any atom is 0.274 e. The third-order valence-electron chi connectivity index (χ3n) is 2.69. The van der Waals surface area contributed by atoms with E-state index in [0.717, 1.165) is 15.4 Å². The SMILES string of the molecule is O=C(Nc1cccc2[nH]ncc12)c1ccc(Br)cn1. The van der Waals surface area contributed by atoms with E-state index in [2.05, 4.69) is 36.4 Å². The molecule has 0 bridgehead atoms. The van der Waals surface area contributed by atoms with Gasteiger partial charge in [-0.1, -0.05) is 6.07 Å². The normalized spacial score (nSPS) is 10.6. The number of aromatic nitrogens is 3. The van der Waals surface area contributed by atoms with Crippen molar-refractivity contribution in [1.82, 2.24) is 15.2 Å². The van der Waals surface area contributed by atoms with Crippen LogP contribution < -0.4 is 5.32 Å². The van der Waals surface area contributed by atoms with Crippen molar-refractivity contribution in [2.45, 2.75) is 0 Å². The van der Waals surface area contributed by atoms with Gasteiger partial charge in [0, 0.05) is 16.1 Å². The van der Waals surface area contributed by atoms with E-state index in [9.17, 15) is 4.79 Å². The van der Waals surface area contributed by atoms with E-state index >= 15 is 0 Å². The van der Waals surface area contributed by atoms with Crippen LogP contribution in [0, 0.1) is 0 Å². The Morgan fingerprint density at radius 3 is 2.89 bits per heavy atom. The van der Waals surface area contributed by atoms with Crippen molar-refractivity contribution in [2.75, 3.05) is 5.32 Å². The van der Waals surface area contributed by atoms with Crippen molar-refractivity contribution in [3.63, 3.8) is 0 Å². The second kappa shape index (κ2) is 4.81. The van der Waals surface area contributed by atoms with Gasteiger partial charge in [0.2, 0.25) is 0 Å². The lowest BCUT2D eigenvalue weighted by Gasteiger charge is -2.05. The Balaban J connectivity index is 1.90. The summed E-state index contributed by atoms with van der Waals surface area (Å²) in [5.74, 6) is -0.249. The number of fused-ring (bicyclic) bond motifs is 1. The van der Waals surface area contributed by atoms with Crippen LogP contribution >= 0.6 is 15.9 Å². The zero-order chi connectivity index (χ0) is 13.2. The zero-order valence-corrected chi connectivity index (χ0v) is 11.3. The van der Waals surface area contributed by atoms with Gasteiger partial charge in [-0.25, -0.2) is 4.98 Å². The lowest BCUT2D eigenvalue weighted by molar-refractivity contribution is 0.102. The van der Waals surface area contributed by atoms with Gasteiger partial charge in [0.05, 0.1) is 17.4 Å². The molecule has 0 atom stereocenters. The standard InChI is InChI=1S/C13H9BrN4O/c14-8-4-5-12(15-6-8)13(19)17-10-2-1-3-11-9(10)7-16-18-11/h1-7H,(H,16,18)(H,17,19). The van der Waals surface area contributed by atoms with Gasteiger partial charge in [-0.15, -0.1) is 0 Å². The van der Waals surface area contributed by atoms with Crippen LogP contribution in [0.4, 0.5) is 5.69 Å². The topological polar surface area (TPSA) is 70.7 Å². The van der Waals surface area contributed by atoms with Gasteiger partial charge in [-0.3, -0.25) is 9.89 Å². The van der Waals surface area contributed by atoms with Crippen molar-refractivity contribution in [2.24, 2.45) is 0 Å². The molecule has 0 saturated carbocycles. The second-order valence-electron chi connectivity index (χ2n) is 3.95. The molecule has 0 unspecified atom stereocenters. The molecular weight excluding hydrogens is 308 g/mol. The highest BCUT2D eigenvalue weighted by atomic mass is 79.9. The number of carbonyl (C=O) groups excluding carboxylic acids is 1. The minimum Gasteiger partial charge on any atom is -0.320 e. The summed E-state index contributed by atoms with van der Waals surface area (Å²) < 4.78 is 0.834. The van der Waals surface area contributed by atoms with Gasteiger partial charge in [0.15, 0.2) is 0 Å². The maximum atomic E-state index is 12.1. The summed E-state index contributed by atoms with van der Waals surface area (Å²) in [6.45, 7) is 0. The maximum absolute atomic E-state index is 12.1. The van der Waals surface area contributed by atoms with E-state index in [4.69, 9.17) is 0 Å². The first-order valence-corrected chi connectivity index (χ1v) is 6.38. The Hall–Kier alpha value is -2.21. The number of aromatic amines is 1. The number of benzene rings is 1. The molecule has 2 heterocycles. The minimum absolute atomic E-state index is 0.249. The largest absolute Gasteiger partial charge is 0.320 e. The molecule has 5 nitrogen and oxygen atoms in total. The summed E-state index contributed by atoms with van der Waals surface area (Å²) >= 11 is 3.28. The fourth-order valence-electron chi connectivity index (χ4n) is 1.77. The average Bonchev–Trinajstić information content (AvgIpc) is 2.89. The number of pyridine rings is 1. The number of rotatable bonds is 2. The van der Waals surface area contributed by atoms with E-state index in [-0.39, 0.29) is 5.91 Å². The van der Waals surface area contributed by atoms with Crippen LogP contribution in [0.1, 0.15) is 10.5 Å². The molecule has 0 aliphatic heterocycles. The van der Waals surface area contributed by atoms with Gasteiger partial charge >= 0.3 is 0 Å². The monoisotopic (exact) mass is 316 g/mol. The number of halogens is 1. The molecule has 94 valence electrons. The molecule has 1 amide bonds. The number of anilines is 1. The first-order chi connectivity index (χ1) is 9.24. The predicted octanol–water partition coefficient (Wildman–Crippen LogP) is 2.97.